The number of hydrogen-bond acceptors (Lipinski definition) is 3. The maximum Gasteiger partial charge on any atom is 0.257 e. The Bertz CT molecular complexity index is 659. The van der Waals surface area contributed by atoms with Crippen LogP contribution in [0.3, 0.4) is 0 Å². The van der Waals surface area contributed by atoms with Crippen molar-refractivity contribution in [2.75, 3.05) is 17.2 Å². The van der Waals surface area contributed by atoms with Crippen LogP contribution in [0.15, 0.2) is 36.5 Å². The highest BCUT2D eigenvalue weighted by molar-refractivity contribution is 6.04. The number of carbonyl (C=O) groups excluding carboxylic acids is 1. The summed E-state index contributed by atoms with van der Waals surface area (Å²) in [7, 11) is 0. The minimum absolute atomic E-state index is 0.190. The molecule has 0 fully saturated rings. The summed E-state index contributed by atoms with van der Waals surface area (Å²) in [6, 6.07) is 6.54. The van der Waals surface area contributed by atoms with Crippen LogP contribution in [-0.4, -0.2) is 17.4 Å². The average molecular weight is 319 g/mol. The molecule has 6 heteroatoms. The number of aromatic nitrogens is 1. The van der Waals surface area contributed by atoms with Crippen molar-refractivity contribution in [2.24, 2.45) is 0 Å². The third-order valence-corrected chi connectivity index (χ3v) is 3.29. The van der Waals surface area contributed by atoms with Crippen molar-refractivity contribution >= 4 is 17.4 Å². The van der Waals surface area contributed by atoms with E-state index in [0.29, 0.717) is 11.4 Å². The molecule has 1 aromatic heterocycles. The summed E-state index contributed by atoms with van der Waals surface area (Å²) < 4.78 is 26.0. The fourth-order valence-corrected chi connectivity index (χ4v) is 2.00. The van der Waals surface area contributed by atoms with Gasteiger partial charge in [0, 0.05) is 24.5 Å². The zero-order valence-corrected chi connectivity index (χ0v) is 12.9. The molecule has 2 aromatic rings. The van der Waals surface area contributed by atoms with Crippen molar-refractivity contribution in [3.63, 3.8) is 0 Å². The van der Waals surface area contributed by atoms with E-state index >= 15 is 0 Å². The van der Waals surface area contributed by atoms with Crippen LogP contribution in [0.2, 0.25) is 0 Å². The predicted molar refractivity (Wildman–Crippen MR) is 86.6 cm³/mol. The van der Waals surface area contributed by atoms with Crippen molar-refractivity contribution < 1.29 is 13.6 Å². The van der Waals surface area contributed by atoms with E-state index in [2.05, 4.69) is 22.5 Å². The molecular weight excluding hydrogens is 300 g/mol. The molecule has 0 aliphatic heterocycles. The number of nitrogens with one attached hydrogen (secondary N) is 2. The summed E-state index contributed by atoms with van der Waals surface area (Å²) in [5, 5.41) is 5.67. The van der Waals surface area contributed by atoms with Crippen molar-refractivity contribution in [1.82, 2.24) is 4.98 Å². The molecule has 0 spiro atoms. The van der Waals surface area contributed by atoms with Crippen LogP contribution >= 0.6 is 0 Å². The Labute approximate surface area is 133 Å². The second-order valence-electron chi connectivity index (χ2n) is 5.15. The summed E-state index contributed by atoms with van der Waals surface area (Å²) in [5.74, 6) is -1.69. The van der Waals surface area contributed by atoms with Gasteiger partial charge in [-0.15, -0.1) is 0 Å². The van der Waals surface area contributed by atoms with E-state index in [1.165, 1.54) is 12.3 Å². The Morgan fingerprint density at radius 1 is 1.13 bits per heavy atom. The van der Waals surface area contributed by atoms with Gasteiger partial charge in [0.05, 0.1) is 5.56 Å². The number of rotatable bonds is 7. The molecule has 0 atom stereocenters. The molecule has 0 bridgehead atoms. The molecule has 122 valence electrons. The number of unbranched alkanes of at least 4 members (excludes halogenated alkanes) is 2. The monoisotopic (exact) mass is 319 g/mol. The van der Waals surface area contributed by atoms with Gasteiger partial charge in [0.1, 0.15) is 5.82 Å². The number of hydrogen-bond donors (Lipinski definition) is 2. The first-order chi connectivity index (χ1) is 11.1. The Balaban J connectivity index is 1.93. The van der Waals surface area contributed by atoms with Gasteiger partial charge in [0.25, 0.3) is 5.91 Å². The number of amides is 1. The molecule has 0 radical (unpaired) electrons. The van der Waals surface area contributed by atoms with Gasteiger partial charge in [-0.3, -0.25) is 4.79 Å². The van der Waals surface area contributed by atoms with Crippen LogP contribution < -0.4 is 10.6 Å². The fourth-order valence-electron chi connectivity index (χ4n) is 2.00. The molecule has 23 heavy (non-hydrogen) atoms. The lowest BCUT2D eigenvalue weighted by molar-refractivity contribution is 0.102. The number of anilines is 2. The van der Waals surface area contributed by atoms with Gasteiger partial charge in [0.15, 0.2) is 11.6 Å². The van der Waals surface area contributed by atoms with Crippen LogP contribution in [-0.2, 0) is 0 Å². The number of carbonyl (C=O) groups is 1. The summed E-state index contributed by atoms with van der Waals surface area (Å²) in [4.78, 5) is 16.2. The van der Waals surface area contributed by atoms with Crippen molar-refractivity contribution in [3.8, 4) is 0 Å². The number of halogens is 2. The zero-order chi connectivity index (χ0) is 16.7. The quantitative estimate of drug-likeness (QED) is 0.752. The minimum Gasteiger partial charge on any atom is -0.370 e. The standard InChI is InChI=1S/C17H19F2N3O/c1-2-3-4-9-20-16-8-5-12(11-21-16)17(23)22-13-6-7-14(18)15(19)10-13/h5-8,10-11H,2-4,9H2,1H3,(H,20,21)(H,22,23). The molecule has 2 N–H and O–H groups in total. The third-order valence-electron chi connectivity index (χ3n) is 3.29. The lowest BCUT2D eigenvalue weighted by Crippen LogP contribution is -2.13. The fraction of sp³-hybridized carbons (Fsp3) is 0.294. The third kappa shape index (κ3) is 5.02. The lowest BCUT2D eigenvalue weighted by Gasteiger charge is -2.07. The van der Waals surface area contributed by atoms with E-state index < -0.39 is 17.5 Å². The Morgan fingerprint density at radius 2 is 1.96 bits per heavy atom. The molecular formula is C17H19F2N3O. The highest BCUT2D eigenvalue weighted by Crippen LogP contribution is 2.14. The van der Waals surface area contributed by atoms with E-state index in [0.717, 1.165) is 37.9 Å². The van der Waals surface area contributed by atoms with Gasteiger partial charge in [-0.2, -0.15) is 0 Å². The largest absolute Gasteiger partial charge is 0.370 e. The van der Waals surface area contributed by atoms with Gasteiger partial charge >= 0.3 is 0 Å². The summed E-state index contributed by atoms with van der Waals surface area (Å²) in [6.45, 7) is 2.97. The number of benzene rings is 1. The van der Waals surface area contributed by atoms with E-state index in [1.54, 1.807) is 12.1 Å². The van der Waals surface area contributed by atoms with Crippen LogP contribution in [0.5, 0.6) is 0 Å². The zero-order valence-electron chi connectivity index (χ0n) is 12.9. The normalized spacial score (nSPS) is 10.4. The molecule has 0 saturated carbocycles. The predicted octanol–water partition coefficient (Wildman–Crippen LogP) is 4.21. The second-order valence-corrected chi connectivity index (χ2v) is 5.15. The van der Waals surface area contributed by atoms with E-state index in [1.807, 2.05) is 0 Å². The molecule has 4 nitrogen and oxygen atoms in total. The minimum atomic E-state index is -1.01. The van der Waals surface area contributed by atoms with Crippen LogP contribution in [0.25, 0.3) is 0 Å². The van der Waals surface area contributed by atoms with Gasteiger partial charge in [-0.05, 0) is 30.7 Å². The van der Waals surface area contributed by atoms with E-state index in [9.17, 15) is 13.6 Å². The molecule has 2 rings (SSSR count). The van der Waals surface area contributed by atoms with E-state index in [4.69, 9.17) is 0 Å². The van der Waals surface area contributed by atoms with Gasteiger partial charge in [-0.25, -0.2) is 13.8 Å². The Hall–Kier alpha value is -2.50. The molecule has 0 aliphatic carbocycles. The van der Waals surface area contributed by atoms with Crippen molar-refractivity contribution in [3.05, 3.63) is 53.7 Å². The topological polar surface area (TPSA) is 54.0 Å². The molecule has 1 heterocycles. The van der Waals surface area contributed by atoms with Crippen molar-refractivity contribution in [2.45, 2.75) is 26.2 Å². The molecule has 0 aliphatic rings. The smallest absolute Gasteiger partial charge is 0.257 e. The second kappa shape index (κ2) is 8.22. The SMILES string of the molecule is CCCCCNc1ccc(C(=O)Nc2ccc(F)c(F)c2)cn1. The maximum atomic E-state index is 13.1. The molecule has 1 aromatic carbocycles. The molecule has 0 saturated heterocycles. The lowest BCUT2D eigenvalue weighted by atomic mass is 10.2. The van der Waals surface area contributed by atoms with Crippen LogP contribution in [0.1, 0.15) is 36.5 Å². The Kier molecular flexibility index (Phi) is 6.02. The van der Waals surface area contributed by atoms with Crippen LogP contribution in [0.4, 0.5) is 20.3 Å². The van der Waals surface area contributed by atoms with Gasteiger partial charge < -0.3 is 10.6 Å². The average Bonchev–Trinajstić information content (AvgIpc) is 2.55. The summed E-state index contributed by atoms with van der Waals surface area (Å²) in [6.07, 6.45) is 4.81. The first-order valence-electron chi connectivity index (χ1n) is 7.56. The first kappa shape index (κ1) is 16.9. The molecule has 1 amide bonds. The maximum absolute atomic E-state index is 13.1. The van der Waals surface area contributed by atoms with Crippen molar-refractivity contribution in [1.29, 1.82) is 0 Å². The van der Waals surface area contributed by atoms with E-state index in [-0.39, 0.29) is 5.69 Å². The highest BCUT2D eigenvalue weighted by Gasteiger charge is 2.09. The van der Waals surface area contributed by atoms with Gasteiger partial charge in [-0.1, -0.05) is 19.8 Å². The van der Waals surface area contributed by atoms with Crippen LogP contribution in [0, 0.1) is 11.6 Å². The summed E-state index contributed by atoms with van der Waals surface area (Å²) >= 11 is 0. The highest BCUT2D eigenvalue weighted by atomic mass is 19.2. The number of pyridine rings is 1. The Morgan fingerprint density at radius 3 is 2.61 bits per heavy atom. The number of nitrogens with zero attached hydrogens (tertiary/aromatic N) is 1. The van der Waals surface area contributed by atoms with Gasteiger partial charge in [0.2, 0.25) is 0 Å². The summed E-state index contributed by atoms with van der Waals surface area (Å²) in [5.41, 5.74) is 0.532. The first-order valence-corrected chi connectivity index (χ1v) is 7.56. The molecule has 0 unspecified atom stereocenters.